The third kappa shape index (κ3) is 2.44. The Kier molecular flexibility index (Phi) is 3.52. The van der Waals surface area contributed by atoms with Gasteiger partial charge in [0.15, 0.2) is 11.5 Å². The van der Waals surface area contributed by atoms with Crippen LogP contribution in [0.1, 0.15) is 24.3 Å². The lowest BCUT2D eigenvalue weighted by molar-refractivity contribution is 0.171. The van der Waals surface area contributed by atoms with Crippen molar-refractivity contribution in [1.82, 2.24) is 5.32 Å². The highest BCUT2D eigenvalue weighted by Gasteiger charge is 2.20. The number of furan rings is 1. The molecule has 0 spiro atoms. The van der Waals surface area contributed by atoms with Crippen LogP contribution in [0.4, 0.5) is 0 Å². The summed E-state index contributed by atoms with van der Waals surface area (Å²) in [5, 5.41) is 3.40. The summed E-state index contributed by atoms with van der Waals surface area (Å²) in [7, 11) is 1.62. The highest BCUT2D eigenvalue weighted by Crippen LogP contribution is 2.41. The lowest BCUT2D eigenvalue weighted by atomic mass is 10.1. The average Bonchev–Trinajstić information content (AvgIpc) is 3.14. The Morgan fingerprint density at radius 2 is 2.25 bits per heavy atom. The zero-order valence-corrected chi connectivity index (χ0v) is 11.5. The number of hydrogen-bond acceptors (Lipinski definition) is 5. The lowest BCUT2D eigenvalue weighted by Gasteiger charge is -2.13. The van der Waals surface area contributed by atoms with Gasteiger partial charge in [-0.1, -0.05) is 0 Å². The Bertz CT molecular complexity index is 580. The van der Waals surface area contributed by atoms with E-state index in [1.807, 2.05) is 24.3 Å². The first kappa shape index (κ1) is 12.9. The van der Waals surface area contributed by atoms with Crippen LogP contribution < -0.4 is 19.5 Å². The average molecular weight is 275 g/mol. The molecule has 1 atom stereocenters. The van der Waals surface area contributed by atoms with Crippen molar-refractivity contribution in [3.63, 3.8) is 0 Å². The highest BCUT2D eigenvalue weighted by molar-refractivity contribution is 5.55. The summed E-state index contributed by atoms with van der Waals surface area (Å²) >= 11 is 0. The predicted molar refractivity (Wildman–Crippen MR) is 73.1 cm³/mol. The van der Waals surface area contributed by atoms with E-state index in [1.54, 1.807) is 13.4 Å². The van der Waals surface area contributed by atoms with Gasteiger partial charge < -0.3 is 23.9 Å². The third-order valence-corrected chi connectivity index (χ3v) is 3.30. The number of fused-ring (bicyclic) bond motifs is 1. The van der Waals surface area contributed by atoms with E-state index in [-0.39, 0.29) is 12.8 Å². The van der Waals surface area contributed by atoms with Gasteiger partial charge in [-0.25, -0.2) is 0 Å². The number of rotatable bonds is 5. The molecule has 1 N–H and O–H groups in total. The van der Waals surface area contributed by atoms with Crippen LogP contribution in [-0.2, 0) is 6.54 Å². The maximum absolute atomic E-state index is 5.41. The van der Waals surface area contributed by atoms with Crippen LogP contribution in [0.25, 0.3) is 0 Å². The monoisotopic (exact) mass is 275 g/mol. The van der Waals surface area contributed by atoms with Crippen molar-refractivity contribution in [1.29, 1.82) is 0 Å². The van der Waals surface area contributed by atoms with Gasteiger partial charge in [-0.3, -0.25) is 0 Å². The molecule has 106 valence electrons. The number of hydrogen-bond donors (Lipinski definition) is 1. The fourth-order valence-corrected chi connectivity index (χ4v) is 2.20. The SMILES string of the molecule is COc1cc(CN[C@@H](C)c2ccco2)cc2c1OCO2. The van der Waals surface area contributed by atoms with Crippen LogP contribution in [0, 0.1) is 0 Å². The standard InChI is InChI=1S/C15H17NO4/c1-10(12-4-3-5-18-12)16-8-11-6-13(17-2)15-14(7-11)19-9-20-15/h3-7,10,16H,8-9H2,1-2H3/t10-/m0/s1. The molecule has 1 aromatic carbocycles. The van der Waals surface area contributed by atoms with E-state index in [9.17, 15) is 0 Å². The number of benzene rings is 1. The fraction of sp³-hybridized carbons (Fsp3) is 0.333. The number of ether oxygens (including phenoxy) is 3. The molecular formula is C15H17NO4. The molecular weight excluding hydrogens is 258 g/mol. The van der Waals surface area contributed by atoms with Crippen molar-refractivity contribution >= 4 is 0 Å². The molecule has 5 nitrogen and oxygen atoms in total. The van der Waals surface area contributed by atoms with Gasteiger partial charge >= 0.3 is 0 Å². The van der Waals surface area contributed by atoms with Gasteiger partial charge in [0.1, 0.15) is 5.76 Å². The Hall–Kier alpha value is -2.14. The molecule has 2 aromatic rings. The van der Waals surface area contributed by atoms with Crippen molar-refractivity contribution < 1.29 is 18.6 Å². The molecule has 0 saturated carbocycles. The first-order valence-corrected chi connectivity index (χ1v) is 6.51. The summed E-state index contributed by atoms with van der Waals surface area (Å²) in [4.78, 5) is 0. The van der Waals surface area contributed by atoms with Crippen molar-refractivity contribution in [2.45, 2.75) is 19.5 Å². The van der Waals surface area contributed by atoms with Crippen molar-refractivity contribution in [2.75, 3.05) is 13.9 Å². The minimum absolute atomic E-state index is 0.140. The molecule has 5 heteroatoms. The fourth-order valence-electron chi connectivity index (χ4n) is 2.20. The maximum atomic E-state index is 5.41. The van der Waals surface area contributed by atoms with Crippen LogP contribution in [0.3, 0.4) is 0 Å². The van der Waals surface area contributed by atoms with E-state index < -0.39 is 0 Å². The predicted octanol–water partition coefficient (Wildman–Crippen LogP) is 2.87. The molecule has 1 aliphatic heterocycles. The van der Waals surface area contributed by atoms with E-state index in [0.29, 0.717) is 18.0 Å². The Morgan fingerprint density at radius 1 is 1.35 bits per heavy atom. The topological polar surface area (TPSA) is 52.9 Å². The summed E-state index contributed by atoms with van der Waals surface area (Å²) in [6, 6.07) is 7.90. The molecule has 20 heavy (non-hydrogen) atoms. The molecule has 0 amide bonds. The Labute approximate surface area is 117 Å². The van der Waals surface area contributed by atoms with Gasteiger partial charge in [0.05, 0.1) is 19.4 Å². The molecule has 0 fully saturated rings. The van der Waals surface area contributed by atoms with Gasteiger partial charge in [-0.05, 0) is 36.8 Å². The van der Waals surface area contributed by atoms with E-state index >= 15 is 0 Å². The largest absolute Gasteiger partial charge is 0.493 e. The van der Waals surface area contributed by atoms with Crippen LogP contribution in [0.2, 0.25) is 0 Å². The highest BCUT2D eigenvalue weighted by atomic mass is 16.7. The molecule has 1 aliphatic rings. The van der Waals surface area contributed by atoms with Gasteiger partial charge in [0.25, 0.3) is 0 Å². The summed E-state index contributed by atoms with van der Waals surface area (Å²) < 4.78 is 21.5. The van der Waals surface area contributed by atoms with Gasteiger partial charge in [-0.15, -0.1) is 0 Å². The molecule has 0 radical (unpaired) electrons. The molecule has 0 saturated heterocycles. The summed E-state index contributed by atoms with van der Waals surface area (Å²) in [6.45, 7) is 2.99. The number of methoxy groups -OCH3 is 1. The van der Waals surface area contributed by atoms with Gasteiger partial charge in [-0.2, -0.15) is 0 Å². The molecule has 2 heterocycles. The first-order chi connectivity index (χ1) is 9.78. The molecule has 1 aromatic heterocycles. The van der Waals surface area contributed by atoms with E-state index in [1.165, 1.54) is 0 Å². The maximum Gasteiger partial charge on any atom is 0.231 e. The molecule has 0 aliphatic carbocycles. The Morgan fingerprint density at radius 3 is 3.00 bits per heavy atom. The Balaban J connectivity index is 1.72. The second kappa shape index (κ2) is 5.46. The molecule has 0 unspecified atom stereocenters. The molecule has 0 bridgehead atoms. The second-order valence-electron chi connectivity index (χ2n) is 4.65. The zero-order chi connectivity index (χ0) is 13.9. The zero-order valence-electron chi connectivity index (χ0n) is 11.5. The lowest BCUT2D eigenvalue weighted by Crippen LogP contribution is -2.17. The molecule has 3 rings (SSSR count). The van der Waals surface area contributed by atoms with Crippen molar-refractivity contribution in [3.8, 4) is 17.2 Å². The van der Waals surface area contributed by atoms with Crippen LogP contribution in [0.15, 0.2) is 34.9 Å². The third-order valence-electron chi connectivity index (χ3n) is 3.30. The quantitative estimate of drug-likeness (QED) is 0.909. The van der Waals surface area contributed by atoms with Crippen molar-refractivity contribution in [2.24, 2.45) is 0 Å². The second-order valence-corrected chi connectivity index (χ2v) is 4.65. The van der Waals surface area contributed by atoms with Crippen LogP contribution in [-0.4, -0.2) is 13.9 Å². The van der Waals surface area contributed by atoms with Crippen LogP contribution >= 0.6 is 0 Å². The minimum atomic E-state index is 0.140. The van der Waals surface area contributed by atoms with Gasteiger partial charge in [0, 0.05) is 6.54 Å². The minimum Gasteiger partial charge on any atom is -0.493 e. The van der Waals surface area contributed by atoms with Crippen molar-refractivity contribution in [3.05, 3.63) is 41.9 Å². The summed E-state index contributed by atoms with van der Waals surface area (Å²) in [6.07, 6.45) is 1.68. The smallest absolute Gasteiger partial charge is 0.231 e. The van der Waals surface area contributed by atoms with E-state index in [0.717, 1.165) is 17.1 Å². The first-order valence-electron chi connectivity index (χ1n) is 6.51. The van der Waals surface area contributed by atoms with E-state index in [4.69, 9.17) is 18.6 Å². The van der Waals surface area contributed by atoms with Crippen LogP contribution in [0.5, 0.6) is 17.2 Å². The summed E-state index contributed by atoms with van der Waals surface area (Å²) in [5.74, 6) is 3.02. The normalized spacial score (nSPS) is 14.3. The number of nitrogens with one attached hydrogen (secondary N) is 1. The summed E-state index contributed by atoms with van der Waals surface area (Å²) in [5.41, 5.74) is 1.07. The van der Waals surface area contributed by atoms with E-state index in [2.05, 4.69) is 12.2 Å². The van der Waals surface area contributed by atoms with Gasteiger partial charge in [0.2, 0.25) is 12.5 Å².